The van der Waals surface area contributed by atoms with Gasteiger partial charge in [0.15, 0.2) is 11.6 Å². The molecule has 5 heteroatoms. The Hall–Kier alpha value is -1.17. The molecule has 0 fully saturated rings. The molecule has 1 aromatic rings. The van der Waals surface area contributed by atoms with Crippen LogP contribution in [0.3, 0.4) is 0 Å². The summed E-state index contributed by atoms with van der Waals surface area (Å²) in [5.41, 5.74) is 6.70. The first-order chi connectivity index (χ1) is 9.17. The fourth-order valence-electron chi connectivity index (χ4n) is 2.13. The van der Waals surface area contributed by atoms with Crippen LogP contribution in [-0.4, -0.2) is 45.4 Å². The molecule has 0 aliphatic carbocycles. The molecule has 2 N–H and O–H groups in total. The van der Waals surface area contributed by atoms with E-state index in [9.17, 15) is 4.39 Å². The van der Waals surface area contributed by atoms with Crippen LogP contribution in [0, 0.1) is 5.82 Å². The van der Waals surface area contributed by atoms with Gasteiger partial charge in [0.25, 0.3) is 0 Å². The fourth-order valence-corrected chi connectivity index (χ4v) is 2.13. The number of ether oxygens (including phenoxy) is 2. The summed E-state index contributed by atoms with van der Waals surface area (Å²) in [5.74, 6) is -0.110. The number of benzene rings is 1. The minimum atomic E-state index is -0.360. The molecule has 1 rings (SSSR count). The standard InChI is InChI=1S/C14H23FN2O2/c1-4-17(7-8-18-2)13(10-16)11-5-6-14(19-3)12(15)9-11/h5-6,9,13H,4,7-8,10,16H2,1-3H3. The summed E-state index contributed by atoms with van der Waals surface area (Å²) in [6, 6.07) is 4.97. The van der Waals surface area contributed by atoms with Gasteiger partial charge in [-0.1, -0.05) is 13.0 Å². The van der Waals surface area contributed by atoms with Crippen LogP contribution in [0.2, 0.25) is 0 Å². The van der Waals surface area contributed by atoms with Crippen molar-refractivity contribution in [3.8, 4) is 5.75 Å². The molecule has 4 nitrogen and oxygen atoms in total. The van der Waals surface area contributed by atoms with Crippen LogP contribution in [0.15, 0.2) is 18.2 Å². The van der Waals surface area contributed by atoms with Crippen molar-refractivity contribution in [1.82, 2.24) is 4.90 Å². The van der Waals surface area contributed by atoms with E-state index < -0.39 is 0 Å². The van der Waals surface area contributed by atoms with Crippen LogP contribution >= 0.6 is 0 Å². The summed E-state index contributed by atoms with van der Waals surface area (Å²) in [4.78, 5) is 2.17. The summed E-state index contributed by atoms with van der Waals surface area (Å²) in [6.07, 6.45) is 0. The lowest BCUT2D eigenvalue weighted by Gasteiger charge is -2.30. The van der Waals surface area contributed by atoms with Gasteiger partial charge in [-0.25, -0.2) is 4.39 Å². The second-order valence-corrected chi connectivity index (χ2v) is 4.27. The van der Waals surface area contributed by atoms with Crippen molar-refractivity contribution >= 4 is 0 Å². The van der Waals surface area contributed by atoms with Crippen molar-refractivity contribution in [2.24, 2.45) is 5.73 Å². The topological polar surface area (TPSA) is 47.7 Å². The molecule has 0 radical (unpaired) electrons. The van der Waals surface area contributed by atoms with Gasteiger partial charge in [0.1, 0.15) is 0 Å². The summed E-state index contributed by atoms with van der Waals surface area (Å²) < 4.78 is 23.8. The van der Waals surface area contributed by atoms with Gasteiger partial charge in [0.05, 0.1) is 13.7 Å². The van der Waals surface area contributed by atoms with Gasteiger partial charge in [-0.05, 0) is 24.2 Å². The van der Waals surface area contributed by atoms with E-state index in [1.54, 1.807) is 13.2 Å². The number of nitrogens with zero attached hydrogens (tertiary/aromatic N) is 1. The molecule has 0 aliphatic rings. The van der Waals surface area contributed by atoms with Gasteiger partial charge in [0.2, 0.25) is 0 Å². The predicted octanol–water partition coefficient (Wildman–Crippen LogP) is 1.80. The van der Waals surface area contributed by atoms with Crippen LogP contribution in [0.4, 0.5) is 4.39 Å². The van der Waals surface area contributed by atoms with Gasteiger partial charge < -0.3 is 15.2 Å². The monoisotopic (exact) mass is 270 g/mol. The predicted molar refractivity (Wildman–Crippen MR) is 73.9 cm³/mol. The van der Waals surface area contributed by atoms with E-state index in [-0.39, 0.29) is 17.6 Å². The zero-order valence-electron chi connectivity index (χ0n) is 11.9. The van der Waals surface area contributed by atoms with E-state index in [1.807, 2.05) is 6.07 Å². The first-order valence-corrected chi connectivity index (χ1v) is 6.44. The molecule has 0 heterocycles. The van der Waals surface area contributed by atoms with E-state index in [0.29, 0.717) is 13.2 Å². The Labute approximate surface area is 114 Å². The lowest BCUT2D eigenvalue weighted by molar-refractivity contribution is 0.125. The molecule has 19 heavy (non-hydrogen) atoms. The molecule has 0 amide bonds. The Morgan fingerprint density at radius 3 is 2.58 bits per heavy atom. The normalized spacial score (nSPS) is 12.7. The van der Waals surface area contributed by atoms with Crippen molar-refractivity contribution in [2.45, 2.75) is 13.0 Å². The maximum Gasteiger partial charge on any atom is 0.165 e. The number of hydrogen-bond donors (Lipinski definition) is 1. The molecule has 0 aromatic heterocycles. The summed E-state index contributed by atoms with van der Waals surface area (Å²) in [7, 11) is 3.12. The van der Waals surface area contributed by atoms with Gasteiger partial charge in [0, 0.05) is 26.2 Å². The molecular formula is C14H23FN2O2. The second kappa shape index (κ2) is 8.09. The summed E-state index contributed by atoms with van der Waals surface area (Å²) in [6.45, 7) is 4.71. The first-order valence-electron chi connectivity index (χ1n) is 6.44. The SMILES string of the molecule is CCN(CCOC)C(CN)c1ccc(OC)c(F)c1. The van der Waals surface area contributed by atoms with Crippen molar-refractivity contribution in [3.63, 3.8) is 0 Å². The highest BCUT2D eigenvalue weighted by Crippen LogP contribution is 2.24. The molecule has 0 aliphatic heterocycles. The second-order valence-electron chi connectivity index (χ2n) is 4.27. The van der Waals surface area contributed by atoms with Gasteiger partial charge >= 0.3 is 0 Å². The minimum absolute atomic E-state index is 0.0134. The van der Waals surface area contributed by atoms with Crippen LogP contribution in [-0.2, 0) is 4.74 Å². The molecule has 1 unspecified atom stereocenters. The van der Waals surface area contributed by atoms with E-state index in [2.05, 4.69) is 11.8 Å². The Morgan fingerprint density at radius 2 is 2.11 bits per heavy atom. The number of rotatable bonds is 8. The molecule has 1 aromatic carbocycles. The van der Waals surface area contributed by atoms with E-state index >= 15 is 0 Å². The zero-order chi connectivity index (χ0) is 14.3. The number of hydrogen-bond acceptors (Lipinski definition) is 4. The van der Waals surface area contributed by atoms with E-state index in [1.165, 1.54) is 13.2 Å². The van der Waals surface area contributed by atoms with Crippen molar-refractivity contribution in [3.05, 3.63) is 29.6 Å². The zero-order valence-corrected chi connectivity index (χ0v) is 11.9. The summed E-state index contributed by atoms with van der Waals surface area (Å²) >= 11 is 0. The number of methoxy groups -OCH3 is 2. The number of likely N-dealkylation sites (N-methyl/N-ethyl adjacent to an activating group) is 1. The molecule has 0 spiro atoms. The van der Waals surface area contributed by atoms with Crippen LogP contribution < -0.4 is 10.5 Å². The van der Waals surface area contributed by atoms with Crippen LogP contribution in [0.25, 0.3) is 0 Å². The maximum absolute atomic E-state index is 13.8. The van der Waals surface area contributed by atoms with E-state index in [0.717, 1.165) is 18.7 Å². The number of nitrogens with two attached hydrogens (primary N) is 1. The lowest BCUT2D eigenvalue weighted by atomic mass is 10.0. The molecule has 108 valence electrons. The minimum Gasteiger partial charge on any atom is -0.494 e. The average Bonchev–Trinajstić information content (AvgIpc) is 2.43. The quantitative estimate of drug-likeness (QED) is 0.782. The highest BCUT2D eigenvalue weighted by molar-refractivity contribution is 5.31. The fraction of sp³-hybridized carbons (Fsp3) is 0.571. The molecular weight excluding hydrogens is 247 g/mol. The van der Waals surface area contributed by atoms with Crippen molar-refractivity contribution in [2.75, 3.05) is 40.5 Å². The maximum atomic E-state index is 13.8. The Bertz CT molecular complexity index is 388. The van der Waals surface area contributed by atoms with Crippen molar-refractivity contribution < 1.29 is 13.9 Å². The first kappa shape index (κ1) is 15.9. The van der Waals surface area contributed by atoms with Gasteiger partial charge in [-0.2, -0.15) is 0 Å². The molecule has 0 saturated heterocycles. The molecule has 0 bridgehead atoms. The third kappa shape index (κ3) is 4.16. The third-order valence-electron chi connectivity index (χ3n) is 3.21. The Morgan fingerprint density at radius 1 is 1.37 bits per heavy atom. The number of halogens is 1. The Balaban J connectivity index is 2.91. The third-order valence-corrected chi connectivity index (χ3v) is 3.21. The molecule has 1 atom stereocenters. The largest absolute Gasteiger partial charge is 0.494 e. The molecule has 0 saturated carbocycles. The van der Waals surface area contributed by atoms with Gasteiger partial charge in [-0.3, -0.25) is 4.90 Å². The Kier molecular flexibility index (Phi) is 6.77. The van der Waals surface area contributed by atoms with E-state index in [4.69, 9.17) is 15.2 Å². The van der Waals surface area contributed by atoms with Crippen LogP contribution in [0.1, 0.15) is 18.5 Å². The van der Waals surface area contributed by atoms with Gasteiger partial charge in [-0.15, -0.1) is 0 Å². The smallest absolute Gasteiger partial charge is 0.165 e. The highest BCUT2D eigenvalue weighted by Gasteiger charge is 2.18. The summed E-state index contributed by atoms with van der Waals surface area (Å²) in [5, 5.41) is 0. The lowest BCUT2D eigenvalue weighted by Crippen LogP contribution is -2.36. The average molecular weight is 270 g/mol. The van der Waals surface area contributed by atoms with Crippen LogP contribution in [0.5, 0.6) is 5.75 Å². The van der Waals surface area contributed by atoms with Crippen molar-refractivity contribution in [1.29, 1.82) is 0 Å². The highest BCUT2D eigenvalue weighted by atomic mass is 19.1.